The summed E-state index contributed by atoms with van der Waals surface area (Å²) in [7, 11) is 0. The van der Waals surface area contributed by atoms with Crippen molar-refractivity contribution in [2.24, 2.45) is 0 Å². The number of pyridine rings is 1. The third kappa shape index (κ3) is 3.92. The minimum Gasteiger partial charge on any atom is -0.399 e. The maximum atomic E-state index is 12.3. The monoisotopic (exact) mass is 373 g/mol. The van der Waals surface area contributed by atoms with Gasteiger partial charge in [0, 0.05) is 43.5 Å². The maximum absolute atomic E-state index is 12.3. The molecule has 6 nitrogen and oxygen atoms in total. The normalized spacial score (nSPS) is 21.6. The molecule has 0 aliphatic carbocycles. The van der Waals surface area contributed by atoms with Gasteiger partial charge in [-0.15, -0.1) is 12.4 Å². The highest BCUT2D eigenvalue weighted by Crippen LogP contribution is 2.26. The van der Waals surface area contributed by atoms with E-state index < -0.39 is 0 Å². The summed E-state index contributed by atoms with van der Waals surface area (Å²) in [6, 6.07) is 11.5. The van der Waals surface area contributed by atoms with Gasteiger partial charge in [0.05, 0.1) is 11.9 Å². The molecule has 3 N–H and O–H groups in total. The first-order valence-electron chi connectivity index (χ1n) is 8.81. The van der Waals surface area contributed by atoms with Gasteiger partial charge < -0.3 is 20.9 Å². The van der Waals surface area contributed by atoms with Crippen LogP contribution in [-0.2, 0) is 0 Å². The van der Waals surface area contributed by atoms with Crippen molar-refractivity contribution >= 4 is 35.5 Å². The number of amides is 1. The second-order valence-electron chi connectivity index (χ2n) is 6.75. The Balaban J connectivity index is 0.00000196. The van der Waals surface area contributed by atoms with Crippen LogP contribution in [0.2, 0.25) is 0 Å². The molecule has 2 aromatic rings. The summed E-state index contributed by atoms with van der Waals surface area (Å²) in [6.45, 7) is 4.50. The minimum atomic E-state index is -0.178. The van der Waals surface area contributed by atoms with E-state index in [9.17, 15) is 4.79 Å². The lowest BCUT2D eigenvalue weighted by molar-refractivity contribution is 0.102. The molecular weight excluding hydrogens is 350 g/mol. The van der Waals surface area contributed by atoms with Gasteiger partial charge in [-0.2, -0.15) is 0 Å². The lowest BCUT2D eigenvalue weighted by Crippen LogP contribution is -2.38. The first-order chi connectivity index (χ1) is 12.2. The minimum absolute atomic E-state index is 0. The van der Waals surface area contributed by atoms with Gasteiger partial charge in [-0.3, -0.25) is 4.79 Å². The number of piperidine rings is 1. The molecule has 0 radical (unpaired) electrons. The number of aromatic nitrogens is 1. The quantitative estimate of drug-likeness (QED) is 0.809. The van der Waals surface area contributed by atoms with Crippen LogP contribution >= 0.6 is 12.4 Å². The number of rotatable bonds is 3. The number of anilines is 3. The van der Waals surface area contributed by atoms with Gasteiger partial charge >= 0.3 is 0 Å². The molecule has 1 aromatic heterocycles. The summed E-state index contributed by atoms with van der Waals surface area (Å²) in [5.41, 5.74) is 7.55. The zero-order valence-electron chi connectivity index (χ0n) is 14.6. The Morgan fingerprint density at radius 1 is 1.12 bits per heavy atom. The molecule has 3 aliphatic heterocycles. The number of nitrogen functional groups attached to an aromatic ring is 1. The Bertz CT molecular complexity index is 759. The summed E-state index contributed by atoms with van der Waals surface area (Å²) in [5, 5.41) is 2.88. The third-order valence-electron chi connectivity index (χ3n) is 5.10. The number of halogens is 1. The van der Waals surface area contributed by atoms with Crippen molar-refractivity contribution in [1.82, 2.24) is 9.88 Å². The first kappa shape index (κ1) is 18.5. The van der Waals surface area contributed by atoms with Gasteiger partial charge in [-0.25, -0.2) is 4.98 Å². The van der Waals surface area contributed by atoms with Crippen LogP contribution in [0.3, 0.4) is 0 Å². The topological polar surface area (TPSA) is 74.5 Å². The molecule has 26 heavy (non-hydrogen) atoms. The van der Waals surface area contributed by atoms with Gasteiger partial charge in [-0.05, 0) is 43.2 Å². The molecule has 3 saturated heterocycles. The molecule has 138 valence electrons. The summed E-state index contributed by atoms with van der Waals surface area (Å²) < 4.78 is 0. The number of nitrogens with zero attached hydrogens (tertiary/aromatic N) is 3. The fourth-order valence-corrected chi connectivity index (χ4v) is 3.70. The van der Waals surface area contributed by atoms with Crippen LogP contribution in [0.4, 0.5) is 17.2 Å². The van der Waals surface area contributed by atoms with Gasteiger partial charge in [0.15, 0.2) is 0 Å². The lowest BCUT2D eigenvalue weighted by Gasteiger charge is -2.32. The Labute approximate surface area is 159 Å². The SMILES string of the molecule is Cl.Nc1cccc(C(=O)Nc2ccc(N3CCN4CCC3CC4)nc2)c1. The number of benzene rings is 1. The Morgan fingerprint density at radius 3 is 2.62 bits per heavy atom. The molecule has 0 atom stereocenters. The van der Waals surface area contributed by atoms with Crippen molar-refractivity contribution in [2.45, 2.75) is 18.9 Å². The van der Waals surface area contributed by atoms with Crippen LogP contribution in [0.5, 0.6) is 0 Å². The number of hydrogen-bond acceptors (Lipinski definition) is 5. The van der Waals surface area contributed by atoms with Crippen molar-refractivity contribution in [3.8, 4) is 0 Å². The summed E-state index contributed by atoms with van der Waals surface area (Å²) in [6.07, 6.45) is 4.14. The van der Waals surface area contributed by atoms with Gasteiger partial charge in [0.25, 0.3) is 5.91 Å². The van der Waals surface area contributed by atoms with Crippen molar-refractivity contribution in [3.63, 3.8) is 0 Å². The van der Waals surface area contributed by atoms with Crippen molar-refractivity contribution in [1.29, 1.82) is 0 Å². The third-order valence-corrected chi connectivity index (χ3v) is 5.10. The van der Waals surface area contributed by atoms with Crippen LogP contribution in [0, 0.1) is 0 Å². The number of carbonyl (C=O) groups excluding carboxylic acids is 1. The van der Waals surface area contributed by atoms with Crippen LogP contribution in [-0.4, -0.2) is 48.0 Å². The summed E-state index contributed by atoms with van der Waals surface area (Å²) >= 11 is 0. The number of hydrogen-bond donors (Lipinski definition) is 2. The first-order valence-corrected chi connectivity index (χ1v) is 8.81. The molecule has 1 amide bonds. The van der Waals surface area contributed by atoms with E-state index in [4.69, 9.17) is 5.73 Å². The van der Waals surface area contributed by atoms with E-state index in [1.54, 1.807) is 30.5 Å². The van der Waals surface area contributed by atoms with Crippen molar-refractivity contribution in [3.05, 3.63) is 48.2 Å². The maximum Gasteiger partial charge on any atom is 0.255 e. The molecule has 0 saturated carbocycles. The van der Waals surface area contributed by atoms with Gasteiger partial charge in [0.2, 0.25) is 0 Å². The predicted octanol–water partition coefficient (Wildman–Crippen LogP) is 2.62. The fraction of sp³-hybridized carbons (Fsp3) is 0.368. The second-order valence-corrected chi connectivity index (χ2v) is 6.75. The molecule has 3 fully saturated rings. The molecule has 2 bridgehead atoms. The van der Waals surface area contributed by atoms with Crippen LogP contribution in [0.25, 0.3) is 0 Å². The molecule has 0 spiro atoms. The van der Waals surface area contributed by atoms with Crippen LogP contribution in [0.15, 0.2) is 42.6 Å². The van der Waals surface area contributed by atoms with Crippen LogP contribution in [0.1, 0.15) is 23.2 Å². The van der Waals surface area contributed by atoms with Gasteiger partial charge in [-0.1, -0.05) is 6.07 Å². The highest BCUT2D eigenvalue weighted by atomic mass is 35.5. The molecule has 5 rings (SSSR count). The number of nitrogens with one attached hydrogen (secondary N) is 1. The highest BCUT2D eigenvalue weighted by Gasteiger charge is 2.29. The van der Waals surface area contributed by atoms with E-state index in [0.717, 1.165) is 18.9 Å². The largest absolute Gasteiger partial charge is 0.399 e. The van der Waals surface area contributed by atoms with Crippen LogP contribution < -0.4 is 16.0 Å². The second kappa shape index (κ2) is 7.93. The zero-order chi connectivity index (χ0) is 17.2. The van der Waals surface area contributed by atoms with E-state index in [1.165, 1.54) is 25.9 Å². The molecule has 0 unspecified atom stereocenters. The van der Waals surface area contributed by atoms with E-state index in [2.05, 4.69) is 20.1 Å². The zero-order valence-corrected chi connectivity index (χ0v) is 15.4. The van der Waals surface area contributed by atoms with Crippen molar-refractivity contribution in [2.75, 3.05) is 42.1 Å². The van der Waals surface area contributed by atoms with E-state index >= 15 is 0 Å². The Morgan fingerprint density at radius 2 is 1.92 bits per heavy atom. The summed E-state index contributed by atoms with van der Waals surface area (Å²) in [4.78, 5) is 21.8. The van der Waals surface area contributed by atoms with Crippen molar-refractivity contribution < 1.29 is 4.79 Å². The van der Waals surface area contributed by atoms with E-state index in [-0.39, 0.29) is 18.3 Å². The fourth-order valence-electron chi connectivity index (χ4n) is 3.70. The Kier molecular flexibility index (Phi) is 5.64. The van der Waals surface area contributed by atoms with Gasteiger partial charge in [0.1, 0.15) is 5.82 Å². The molecule has 1 aromatic carbocycles. The molecule has 4 heterocycles. The standard InChI is InChI=1S/C19H23N5O.ClH/c20-15-3-1-2-14(12-15)19(25)22-16-4-5-18(21-13-16)24-11-10-23-8-6-17(24)7-9-23;/h1-5,12-13,17H,6-11,20H2,(H,22,25);1H. The van der Waals surface area contributed by atoms with E-state index in [1.807, 2.05) is 12.1 Å². The highest BCUT2D eigenvalue weighted by molar-refractivity contribution is 6.04. The number of fused-ring (bicyclic) bond motifs is 4. The smallest absolute Gasteiger partial charge is 0.255 e. The number of nitrogens with two attached hydrogens (primary N) is 1. The molecular formula is C19H24ClN5O. The average molecular weight is 374 g/mol. The average Bonchev–Trinajstić information content (AvgIpc) is 2.96. The summed E-state index contributed by atoms with van der Waals surface area (Å²) in [5.74, 6) is 0.818. The molecule has 7 heteroatoms. The molecule has 3 aliphatic rings. The Hall–Kier alpha value is -2.31. The predicted molar refractivity (Wildman–Crippen MR) is 107 cm³/mol. The van der Waals surface area contributed by atoms with E-state index in [0.29, 0.717) is 23.0 Å². The lowest BCUT2D eigenvalue weighted by atomic mass is 10.1. The number of carbonyl (C=O) groups is 1.